The van der Waals surface area contributed by atoms with E-state index >= 15 is 0 Å². The number of hydrogen-bond acceptors (Lipinski definition) is 5. The van der Waals surface area contributed by atoms with Crippen molar-refractivity contribution in [2.75, 3.05) is 18.0 Å². The highest BCUT2D eigenvalue weighted by Gasteiger charge is 2.33. The highest BCUT2D eigenvalue weighted by atomic mass is 16.4. The van der Waals surface area contributed by atoms with E-state index in [0.717, 1.165) is 0 Å². The molecule has 0 aliphatic carbocycles. The van der Waals surface area contributed by atoms with Gasteiger partial charge in [-0.2, -0.15) is 5.26 Å². The van der Waals surface area contributed by atoms with E-state index in [-0.39, 0.29) is 5.92 Å². The van der Waals surface area contributed by atoms with Gasteiger partial charge in [0.15, 0.2) is 0 Å². The highest BCUT2D eigenvalue weighted by molar-refractivity contribution is 5.74. The molecule has 15 heavy (non-hydrogen) atoms. The molecule has 6 nitrogen and oxygen atoms in total. The maximum absolute atomic E-state index is 10.6. The Balaban J connectivity index is 2.07. The molecule has 0 radical (unpaired) electrons. The topological polar surface area (TPSA) is 90.1 Å². The van der Waals surface area contributed by atoms with Gasteiger partial charge in [0.2, 0.25) is 0 Å². The lowest BCUT2D eigenvalue weighted by atomic mass is 10.0. The Labute approximate surface area is 85.8 Å². The smallest absolute Gasteiger partial charge is 0.310 e. The number of carboxylic acids is 1. The fourth-order valence-electron chi connectivity index (χ4n) is 1.40. The summed E-state index contributed by atoms with van der Waals surface area (Å²) in [6.07, 6.45) is 1.31. The molecule has 0 unspecified atom stereocenters. The number of nitriles is 1. The van der Waals surface area contributed by atoms with Crippen molar-refractivity contribution in [2.45, 2.75) is 0 Å². The van der Waals surface area contributed by atoms with Crippen molar-refractivity contribution >= 4 is 11.8 Å². The molecule has 6 heteroatoms. The first-order valence-corrected chi connectivity index (χ1v) is 4.40. The van der Waals surface area contributed by atoms with Gasteiger partial charge in [-0.15, -0.1) is 0 Å². The van der Waals surface area contributed by atoms with Gasteiger partial charge in [-0.3, -0.25) is 4.79 Å². The fourth-order valence-corrected chi connectivity index (χ4v) is 1.40. The van der Waals surface area contributed by atoms with Gasteiger partial charge in [0.05, 0.1) is 5.92 Å². The molecule has 1 aliphatic rings. The molecule has 0 amide bonds. The monoisotopic (exact) mass is 204 g/mol. The minimum atomic E-state index is -0.791. The summed E-state index contributed by atoms with van der Waals surface area (Å²) in [6, 6.07) is 3.46. The number of aliphatic carboxylic acids is 1. The molecule has 2 heterocycles. The average molecular weight is 204 g/mol. The largest absolute Gasteiger partial charge is 0.481 e. The molecule has 1 aliphatic heterocycles. The maximum Gasteiger partial charge on any atom is 0.310 e. The van der Waals surface area contributed by atoms with Crippen LogP contribution in [0.5, 0.6) is 0 Å². The maximum atomic E-state index is 10.6. The first-order chi connectivity index (χ1) is 7.20. The summed E-state index contributed by atoms with van der Waals surface area (Å²) in [5, 5.41) is 17.3. The molecule has 1 aromatic rings. The lowest BCUT2D eigenvalue weighted by Crippen LogP contribution is -2.50. The predicted octanol–water partition coefficient (Wildman–Crippen LogP) is -0.131. The van der Waals surface area contributed by atoms with Crippen LogP contribution in [0.4, 0.5) is 5.82 Å². The summed E-state index contributed by atoms with van der Waals surface area (Å²) >= 11 is 0. The van der Waals surface area contributed by atoms with E-state index in [0.29, 0.717) is 24.6 Å². The van der Waals surface area contributed by atoms with Crippen LogP contribution in [0.1, 0.15) is 5.69 Å². The van der Waals surface area contributed by atoms with Crippen LogP contribution in [0, 0.1) is 17.2 Å². The highest BCUT2D eigenvalue weighted by Crippen LogP contribution is 2.22. The van der Waals surface area contributed by atoms with Gasteiger partial charge in [0, 0.05) is 19.2 Å². The Morgan fingerprint density at radius 1 is 1.60 bits per heavy atom. The first kappa shape index (κ1) is 9.40. The Kier molecular flexibility index (Phi) is 2.21. The van der Waals surface area contributed by atoms with Crippen molar-refractivity contribution in [3.05, 3.63) is 18.1 Å². The van der Waals surface area contributed by atoms with Crippen molar-refractivity contribution in [2.24, 2.45) is 5.92 Å². The van der Waals surface area contributed by atoms with Gasteiger partial charge < -0.3 is 10.0 Å². The summed E-state index contributed by atoms with van der Waals surface area (Å²) in [5.41, 5.74) is 0.291. The summed E-state index contributed by atoms with van der Waals surface area (Å²) in [7, 11) is 0. The van der Waals surface area contributed by atoms with E-state index in [2.05, 4.69) is 9.97 Å². The Hall–Kier alpha value is -2.16. The van der Waals surface area contributed by atoms with E-state index in [1.165, 1.54) is 6.33 Å². The van der Waals surface area contributed by atoms with Gasteiger partial charge in [-0.25, -0.2) is 9.97 Å². The molecule has 1 aromatic heterocycles. The molecule has 0 bridgehead atoms. The molecule has 1 fully saturated rings. The van der Waals surface area contributed by atoms with E-state index in [4.69, 9.17) is 10.4 Å². The second-order valence-electron chi connectivity index (χ2n) is 3.31. The molecule has 76 valence electrons. The van der Waals surface area contributed by atoms with Gasteiger partial charge >= 0.3 is 5.97 Å². The number of nitrogens with zero attached hydrogens (tertiary/aromatic N) is 4. The summed E-state index contributed by atoms with van der Waals surface area (Å²) in [5.74, 6) is -0.509. The Bertz CT molecular complexity index is 434. The second kappa shape index (κ2) is 3.53. The molecule has 2 rings (SSSR count). The molecule has 0 aromatic carbocycles. The third kappa shape index (κ3) is 1.72. The van der Waals surface area contributed by atoms with Crippen molar-refractivity contribution in [3.8, 4) is 6.07 Å². The number of hydrogen-bond donors (Lipinski definition) is 1. The fraction of sp³-hybridized carbons (Fsp3) is 0.333. The molecular formula is C9H8N4O2. The molecule has 1 saturated heterocycles. The Morgan fingerprint density at radius 2 is 2.33 bits per heavy atom. The van der Waals surface area contributed by atoms with Crippen LogP contribution in [0.2, 0.25) is 0 Å². The second-order valence-corrected chi connectivity index (χ2v) is 3.31. The Morgan fingerprint density at radius 3 is 2.93 bits per heavy atom. The number of rotatable bonds is 2. The van der Waals surface area contributed by atoms with Crippen molar-refractivity contribution in [1.29, 1.82) is 5.26 Å². The van der Waals surface area contributed by atoms with Gasteiger partial charge in [0.1, 0.15) is 23.9 Å². The molecule has 0 spiro atoms. The van der Waals surface area contributed by atoms with Crippen LogP contribution in [0.15, 0.2) is 12.4 Å². The minimum Gasteiger partial charge on any atom is -0.481 e. The van der Waals surface area contributed by atoms with Gasteiger partial charge in [0.25, 0.3) is 0 Å². The van der Waals surface area contributed by atoms with Crippen LogP contribution in [0.25, 0.3) is 0 Å². The summed E-state index contributed by atoms with van der Waals surface area (Å²) in [4.78, 5) is 20.1. The SMILES string of the molecule is N#Cc1cc(N2CC(C(=O)O)C2)ncn1. The summed E-state index contributed by atoms with van der Waals surface area (Å²) in [6.45, 7) is 0.883. The summed E-state index contributed by atoms with van der Waals surface area (Å²) < 4.78 is 0. The molecular weight excluding hydrogens is 196 g/mol. The normalized spacial score (nSPS) is 15.5. The van der Waals surface area contributed by atoms with E-state index in [9.17, 15) is 4.79 Å². The molecule has 0 atom stereocenters. The van der Waals surface area contributed by atoms with Crippen molar-refractivity contribution in [3.63, 3.8) is 0 Å². The van der Waals surface area contributed by atoms with Crippen LogP contribution < -0.4 is 4.90 Å². The van der Waals surface area contributed by atoms with Crippen molar-refractivity contribution < 1.29 is 9.90 Å². The lowest BCUT2D eigenvalue weighted by molar-refractivity contribution is -0.142. The zero-order valence-electron chi connectivity index (χ0n) is 7.79. The van der Waals surface area contributed by atoms with Gasteiger partial charge in [-0.05, 0) is 0 Å². The van der Waals surface area contributed by atoms with Crippen molar-refractivity contribution in [1.82, 2.24) is 9.97 Å². The third-order valence-corrected chi connectivity index (χ3v) is 2.32. The molecule has 1 N–H and O–H groups in total. The quantitative estimate of drug-likeness (QED) is 0.721. The zero-order chi connectivity index (χ0) is 10.8. The van der Waals surface area contributed by atoms with E-state index in [1.54, 1.807) is 11.0 Å². The number of carboxylic acid groups (broad SMARTS) is 1. The average Bonchev–Trinajstić information content (AvgIpc) is 2.15. The first-order valence-electron chi connectivity index (χ1n) is 4.40. The lowest BCUT2D eigenvalue weighted by Gasteiger charge is -2.37. The third-order valence-electron chi connectivity index (χ3n) is 2.32. The van der Waals surface area contributed by atoms with E-state index in [1.807, 2.05) is 6.07 Å². The standard InChI is InChI=1S/C9H8N4O2/c10-2-7-1-8(12-5-11-7)13-3-6(4-13)9(14)15/h1,5-6H,3-4H2,(H,14,15). The number of carbonyl (C=O) groups is 1. The van der Waals surface area contributed by atoms with Crippen LogP contribution in [-0.2, 0) is 4.79 Å². The zero-order valence-corrected chi connectivity index (χ0v) is 7.79. The minimum absolute atomic E-state index is 0.291. The van der Waals surface area contributed by atoms with E-state index < -0.39 is 5.97 Å². The molecule has 0 saturated carbocycles. The van der Waals surface area contributed by atoms with Gasteiger partial charge in [-0.1, -0.05) is 0 Å². The van der Waals surface area contributed by atoms with Crippen LogP contribution in [-0.4, -0.2) is 34.1 Å². The van der Waals surface area contributed by atoms with Crippen LogP contribution >= 0.6 is 0 Å². The number of anilines is 1. The number of aromatic nitrogens is 2. The predicted molar refractivity (Wildman–Crippen MR) is 50.1 cm³/mol. The van der Waals surface area contributed by atoms with Crippen LogP contribution in [0.3, 0.4) is 0 Å².